The topological polar surface area (TPSA) is 71.5 Å². The number of aromatic hydroxyl groups is 1. The van der Waals surface area contributed by atoms with E-state index in [1.54, 1.807) is 6.07 Å². The largest absolute Gasteiger partial charge is 0.508 e. The van der Waals surface area contributed by atoms with Crippen molar-refractivity contribution in [2.45, 2.75) is 31.7 Å². The first kappa shape index (κ1) is 20.0. The van der Waals surface area contributed by atoms with Crippen molar-refractivity contribution in [3.8, 4) is 5.75 Å². The Balaban J connectivity index is 1.64. The zero-order valence-electron chi connectivity index (χ0n) is 14.9. The highest BCUT2D eigenvalue weighted by molar-refractivity contribution is 14.1. The number of halogens is 2. The molecule has 27 heavy (non-hydrogen) atoms. The molecule has 5 nitrogen and oxygen atoms in total. The number of ether oxygens (including phenoxy) is 1. The number of carbonyl (C=O) groups is 1. The number of hydrogen-bond donors (Lipinski definition) is 2. The lowest BCUT2D eigenvalue weighted by Crippen LogP contribution is -2.28. The number of phenolic OH excluding ortho intramolecular Hbond substituents is 1. The Bertz CT molecular complexity index is 816. The first-order valence-electron chi connectivity index (χ1n) is 9.02. The molecule has 0 saturated carbocycles. The predicted molar refractivity (Wildman–Crippen MR) is 109 cm³/mol. The van der Waals surface area contributed by atoms with Crippen LogP contribution >= 0.6 is 22.6 Å². The summed E-state index contributed by atoms with van der Waals surface area (Å²) < 4.78 is 19.2. The normalized spacial score (nSPS) is 16.0. The molecular formula is C20H22FIN2O3. The van der Waals surface area contributed by atoms with Gasteiger partial charge in [-0.15, -0.1) is 0 Å². The fourth-order valence-electron chi connectivity index (χ4n) is 3.33. The molecule has 7 heteroatoms. The Morgan fingerprint density at radius 2 is 2.22 bits per heavy atom. The smallest absolute Gasteiger partial charge is 0.356 e. The van der Waals surface area contributed by atoms with Crippen LogP contribution in [0.15, 0.2) is 30.3 Å². The molecule has 144 valence electrons. The third kappa shape index (κ3) is 5.16. The van der Waals surface area contributed by atoms with Gasteiger partial charge in [-0.25, -0.2) is 14.2 Å². The van der Waals surface area contributed by atoms with Crippen molar-refractivity contribution < 1.29 is 19.0 Å². The van der Waals surface area contributed by atoms with E-state index >= 15 is 0 Å². The van der Waals surface area contributed by atoms with E-state index in [1.807, 2.05) is 6.07 Å². The highest BCUT2D eigenvalue weighted by Crippen LogP contribution is 2.29. The maximum Gasteiger partial charge on any atom is 0.356 e. The number of nitrogens with one attached hydrogen (secondary N) is 1. The third-order valence-corrected chi connectivity index (χ3v) is 5.08. The van der Waals surface area contributed by atoms with Crippen LogP contribution in [-0.2, 0) is 17.6 Å². The number of esters is 1. The van der Waals surface area contributed by atoms with Crippen LogP contribution in [0.3, 0.4) is 0 Å². The first-order valence-corrected chi connectivity index (χ1v) is 10.5. The molecule has 0 fully saturated rings. The number of alkyl halides is 1. The number of hydrogen-bond acceptors (Lipinski definition) is 5. The van der Waals surface area contributed by atoms with Gasteiger partial charge in [0.25, 0.3) is 0 Å². The van der Waals surface area contributed by atoms with E-state index in [1.165, 1.54) is 18.2 Å². The van der Waals surface area contributed by atoms with Crippen LogP contribution in [-0.4, -0.2) is 33.6 Å². The lowest BCUT2D eigenvalue weighted by atomic mass is 9.91. The van der Waals surface area contributed by atoms with Crippen molar-refractivity contribution in [3.05, 3.63) is 58.7 Å². The number of phenols is 1. The molecule has 2 N–H and O–H groups in total. The van der Waals surface area contributed by atoms with Crippen molar-refractivity contribution in [1.82, 2.24) is 10.3 Å². The summed E-state index contributed by atoms with van der Waals surface area (Å²) in [7, 11) is 0. The van der Waals surface area contributed by atoms with Gasteiger partial charge in [0.15, 0.2) is 0 Å². The summed E-state index contributed by atoms with van der Waals surface area (Å²) in [6.45, 7) is 0.996. The minimum atomic E-state index is -0.383. The van der Waals surface area contributed by atoms with Gasteiger partial charge in [-0.05, 0) is 67.6 Å². The Labute approximate surface area is 171 Å². The van der Waals surface area contributed by atoms with Crippen LogP contribution in [0.4, 0.5) is 4.39 Å². The molecule has 0 saturated heterocycles. The van der Waals surface area contributed by atoms with Crippen LogP contribution in [0.5, 0.6) is 5.75 Å². The summed E-state index contributed by atoms with van der Waals surface area (Å²) in [5, 5.41) is 13.3. The van der Waals surface area contributed by atoms with E-state index in [2.05, 4.69) is 32.9 Å². The predicted octanol–water partition coefficient (Wildman–Crippen LogP) is 3.73. The number of carbonyl (C=O) groups excluding carboxylic acids is 1. The lowest BCUT2D eigenvalue weighted by molar-refractivity contribution is 0.0525. The van der Waals surface area contributed by atoms with Gasteiger partial charge in [0.1, 0.15) is 23.9 Å². The minimum absolute atomic E-state index is 0.110. The summed E-state index contributed by atoms with van der Waals surface area (Å²) in [6, 6.07) is 7.78. The molecule has 1 unspecified atom stereocenters. The Morgan fingerprint density at radius 3 is 3.04 bits per heavy atom. The van der Waals surface area contributed by atoms with Crippen molar-refractivity contribution in [2.75, 3.05) is 17.6 Å². The number of fused-ring (bicyclic) bond motifs is 1. The summed E-state index contributed by atoms with van der Waals surface area (Å²) in [5.41, 5.74) is 2.96. The fourth-order valence-corrected chi connectivity index (χ4v) is 3.55. The van der Waals surface area contributed by atoms with Crippen molar-refractivity contribution in [3.63, 3.8) is 0 Å². The second kappa shape index (κ2) is 9.45. The Hall–Kier alpha value is -1.74. The molecule has 1 aromatic heterocycles. The van der Waals surface area contributed by atoms with Gasteiger partial charge >= 0.3 is 5.97 Å². The van der Waals surface area contributed by atoms with E-state index in [0.29, 0.717) is 30.8 Å². The van der Waals surface area contributed by atoms with Gasteiger partial charge in [-0.3, -0.25) is 0 Å². The van der Waals surface area contributed by atoms with Gasteiger partial charge in [-0.1, -0.05) is 28.7 Å². The van der Waals surface area contributed by atoms with Gasteiger partial charge in [0.2, 0.25) is 0 Å². The molecule has 0 radical (unpaired) electrons. The summed E-state index contributed by atoms with van der Waals surface area (Å²) in [6.07, 6.45) is 3.33. The summed E-state index contributed by atoms with van der Waals surface area (Å²) >= 11 is 2.16. The fraction of sp³-hybridized carbons (Fsp3) is 0.400. The number of aryl methyl sites for hydroxylation is 1. The molecule has 0 amide bonds. The molecule has 1 aliphatic rings. The number of rotatable bonds is 7. The molecule has 1 atom stereocenters. The molecule has 1 heterocycles. The van der Waals surface area contributed by atoms with Gasteiger partial charge in [-0.2, -0.15) is 0 Å². The van der Waals surface area contributed by atoms with Crippen LogP contribution in [0, 0.1) is 5.82 Å². The number of nitrogens with zero attached hydrogens (tertiary/aromatic N) is 1. The maximum atomic E-state index is 13.3. The number of benzene rings is 1. The average Bonchev–Trinajstić information content (AvgIpc) is 2.68. The van der Waals surface area contributed by atoms with Crippen molar-refractivity contribution in [2.24, 2.45) is 0 Å². The van der Waals surface area contributed by atoms with Crippen molar-refractivity contribution >= 4 is 28.6 Å². The van der Waals surface area contributed by atoms with E-state index in [9.17, 15) is 14.3 Å². The molecular weight excluding hydrogens is 462 g/mol. The van der Waals surface area contributed by atoms with Crippen LogP contribution in [0.2, 0.25) is 0 Å². The molecule has 1 aromatic carbocycles. The van der Waals surface area contributed by atoms with Gasteiger partial charge < -0.3 is 15.2 Å². The Kier molecular flexibility index (Phi) is 7.01. The third-order valence-electron chi connectivity index (χ3n) is 4.64. The number of aromatic nitrogens is 1. The highest BCUT2D eigenvalue weighted by atomic mass is 127. The molecule has 0 spiro atoms. The maximum absolute atomic E-state index is 13.3. The number of pyridine rings is 1. The summed E-state index contributed by atoms with van der Waals surface area (Å²) in [4.78, 5) is 16.5. The van der Waals surface area contributed by atoms with E-state index < -0.39 is 0 Å². The van der Waals surface area contributed by atoms with Crippen LogP contribution in [0.1, 0.15) is 46.2 Å². The Morgan fingerprint density at radius 1 is 1.37 bits per heavy atom. The highest BCUT2D eigenvalue weighted by Gasteiger charge is 2.22. The van der Waals surface area contributed by atoms with Crippen LogP contribution in [0.25, 0.3) is 0 Å². The standard InChI is InChI=1S/C20H22FIN2O3/c21-14-4-7-19(25)13(12-14)8-10-23-16-2-1-3-17-15(16)5-6-18(24-17)20(26)27-11-9-22/h4-7,12,16,23,25H,1-3,8-11H2. The van der Waals surface area contributed by atoms with Crippen molar-refractivity contribution in [1.29, 1.82) is 0 Å². The lowest BCUT2D eigenvalue weighted by Gasteiger charge is -2.26. The molecule has 3 rings (SSSR count). The first-order chi connectivity index (χ1) is 13.1. The SMILES string of the molecule is O=C(OCCI)c1ccc2c(n1)CCCC2NCCc1cc(F)ccc1O. The second-order valence-corrected chi connectivity index (χ2v) is 7.56. The van der Waals surface area contributed by atoms with Gasteiger partial charge in [0.05, 0.1) is 0 Å². The zero-order valence-corrected chi connectivity index (χ0v) is 17.0. The second-order valence-electron chi connectivity index (χ2n) is 6.48. The minimum Gasteiger partial charge on any atom is -0.508 e. The van der Waals surface area contributed by atoms with Crippen LogP contribution < -0.4 is 5.32 Å². The molecule has 2 aromatic rings. The van der Waals surface area contributed by atoms with E-state index in [0.717, 1.165) is 34.9 Å². The van der Waals surface area contributed by atoms with E-state index in [4.69, 9.17) is 4.74 Å². The van der Waals surface area contributed by atoms with E-state index in [-0.39, 0.29) is 23.6 Å². The molecule has 0 aliphatic heterocycles. The summed E-state index contributed by atoms with van der Waals surface area (Å²) in [5.74, 6) is -0.623. The molecule has 1 aliphatic carbocycles. The molecule has 0 bridgehead atoms. The monoisotopic (exact) mass is 484 g/mol. The van der Waals surface area contributed by atoms with Gasteiger partial charge in [0, 0.05) is 16.2 Å². The quantitative estimate of drug-likeness (QED) is 0.356. The average molecular weight is 484 g/mol. The zero-order chi connectivity index (χ0) is 19.2.